The molecule has 1 aromatic heterocycles. The van der Waals surface area contributed by atoms with Crippen LogP contribution in [0.5, 0.6) is 5.75 Å². The summed E-state index contributed by atoms with van der Waals surface area (Å²) in [7, 11) is 3.13. The van der Waals surface area contributed by atoms with Crippen molar-refractivity contribution in [1.82, 2.24) is 15.3 Å². The van der Waals surface area contributed by atoms with Crippen LogP contribution in [0.1, 0.15) is 21.5 Å². The molecule has 4 rings (SSSR count). The molecule has 2 aromatic carbocycles. The van der Waals surface area contributed by atoms with Gasteiger partial charge in [-0.3, -0.25) is 4.79 Å². The standard InChI is InChI=1S/C25H28ClN5O3/c1-27-24(32)19-13-18(23(26)22(14-19)33-2)4-3-17-15-28-25(29-16-17)30-20-5-7-21(8-6-20)31-9-11-34-12-10-31/h5-8,13-16H,3-4,9-12H2,1-2H3,(H,27,32)(H,28,29,30). The Morgan fingerprint density at radius 1 is 1.12 bits per heavy atom. The zero-order chi connectivity index (χ0) is 23.9. The van der Waals surface area contributed by atoms with Crippen molar-refractivity contribution in [2.24, 2.45) is 0 Å². The maximum atomic E-state index is 12.1. The molecule has 0 aliphatic carbocycles. The van der Waals surface area contributed by atoms with Gasteiger partial charge in [-0.25, -0.2) is 9.97 Å². The van der Waals surface area contributed by atoms with Gasteiger partial charge in [-0.1, -0.05) is 11.6 Å². The Labute approximate surface area is 204 Å². The minimum absolute atomic E-state index is 0.187. The largest absolute Gasteiger partial charge is 0.495 e. The van der Waals surface area contributed by atoms with E-state index >= 15 is 0 Å². The zero-order valence-corrected chi connectivity index (χ0v) is 20.1. The van der Waals surface area contributed by atoms with Crippen molar-refractivity contribution < 1.29 is 14.3 Å². The highest BCUT2D eigenvalue weighted by atomic mass is 35.5. The van der Waals surface area contributed by atoms with Gasteiger partial charge in [0.15, 0.2) is 0 Å². The van der Waals surface area contributed by atoms with Crippen LogP contribution in [-0.4, -0.2) is 56.3 Å². The Hall–Kier alpha value is -3.36. The summed E-state index contributed by atoms with van der Waals surface area (Å²) in [5.41, 5.74) is 4.42. The Bertz CT molecular complexity index is 1120. The molecule has 9 heteroatoms. The maximum absolute atomic E-state index is 12.1. The number of halogens is 1. The number of carbonyl (C=O) groups is 1. The van der Waals surface area contributed by atoms with Gasteiger partial charge in [0.05, 0.1) is 25.3 Å². The lowest BCUT2D eigenvalue weighted by Crippen LogP contribution is -2.36. The van der Waals surface area contributed by atoms with E-state index in [1.165, 1.54) is 12.8 Å². The molecule has 1 aliphatic rings. The third-order valence-electron chi connectivity index (χ3n) is 5.71. The summed E-state index contributed by atoms with van der Waals surface area (Å²) < 4.78 is 10.7. The lowest BCUT2D eigenvalue weighted by atomic mass is 10.0. The lowest BCUT2D eigenvalue weighted by Gasteiger charge is -2.28. The van der Waals surface area contributed by atoms with Crippen LogP contribution in [0.25, 0.3) is 0 Å². The van der Waals surface area contributed by atoms with Gasteiger partial charge < -0.3 is 25.0 Å². The second-order valence-electron chi connectivity index (χ2n) is 7.92. The number of nitrogens with one attached hydrogen (secondary N) is 2. The second-order valence-corrected chi connectivity index (χ2v) is 8.29. The highest BCUT2D eigenvalue weighted by molar-refractivity contribution is 6.33. The quantitative estimate of drug-likeness (QED) is 0.505. The number of aromatic nitrogens is 2. The third-order valence-corrected chi connectivity index (χ3v) is 6.14. The van der Waals surface area contributed by atoms with Gasteiger partial charge >= 0.3 is 0 Å². The van der Waals surface area contributed by atoms with Crippen molar-refractivity contribution in [3.63, 3.8) is 0 Å². The van der Waals surface area contributed by atoms with Crippen LogP contribution in [-0.2, 0) is 17.6 Å². The number of nitrogens with zero attached hydrogens (tertiary/aromatic N) is 3. The fraction of sp³-hybridized carbons (Fsp3) is 0.320. The number of ether oxygens (including phenoxy) is 2. The SMILES string of the molecule is CNC(=O)c1cc(CCc2cnc(Nc3ccc(N4CCOCC4)cc3)nc2)c(Cl)c(OC)c1. The van der Waals surface area contributed by atoms with Gasteiger partial charge in [0.25, 0.3) is 5.91 Å². The number of anilines is 3. The summed E-state index contributed by atoms with van der Waals surface area (Å²) in [6.45, 7) is 3.34. The number of benzene rings is 2. The van der Waals surface area contributed by atoms with Crippen LogP contribution in [0.4, 0.5) is 17.3 Å². The highest BCUT2D eigenvalue weighted by Gasteiger charge is 2.14. The van der Waals surface area contributed by atoms with Crippen molar-refractivity contribution in [2.75, 3.05) is 50.7 Å². The molecule has 0 spiro atoms. The first-order chi connectivity index (χ1) is 16.6. The molecule has 2 N–H and O–H groups in total. The first-order valence-corrected chi connectivity index (χ1v) is 11.5. The summed E-state index contributed by atoms with van der Waals surface area (Å²) in [5.74, 6) is 0.824. The lowest BCUT2D eigenvalue weighted by molar-refractivity contribution is 0.0962. The molecule has 0 atom stereocenters. The Morgan fingerprint density at radius 2 is 1.82 bits per heavy atom. The molecule has 1 aliphatic heterocycles. The van der Waals surface area contributed by atoms with E-state index in [-0.39, 0.29) is 5.91 Å². The van der Waals surface area contributed by atoms with Crippen molar-refractivity contribution in [1.29, 1.82) is 0 Å². The van der Waals surface area contributed by atoms with E-state index in [9.17, 15) is 4.79 Å². The zero-order valence-electron chi connectivity index (χ0n) is 19.3. The number of methoxy groups -OCH3 is 1. The normalized spacial score (nSPS) is 13.4. The van der Waals surface area contributed by atoms with Crippen molar-refractivity contribution >= 4 is 34.8 Å². The topological polar surface area (TPSA) is 88.6 Å². The monoisotopic (exact) mass is 481 g/mol. The summed E-state index contributed by atoms with van der Waals surface area (Å²) in [6, 6.07) is 11.7. The average molecular weight is 482 g/mol. The van der Waals surface area contributed by atoms with Crippen molar-refractivity contribution in [3.8, 4) is 5.75 Å². The molecule has 34 heavy (non-hydrogen) atoms. The number of hydrogen-bond donors (Lipinski definition) is 2. The fourth-order valence-corrected chi connectivity index (χ4v) is 4.08. The number of aryl methyl sites for hydroxylation is 2. The van der Waals surface area contributed by atoms with E-state index in [2.05, 4.69) is 37.6 Å². The molecular weight excluding hydrogens is 454 g/mol. The predicted octanol–water partition coefficient (Wildman–Crippen LogP) is 3.86. The van der Waals surface area contributed by atoms with Crippen LogP contribution in [0.3, 0.4) is 0 Å². The molecule has 1 saturated heterocycles. The number of carbonyl (C=O) groups excluding carboxylic acids is 1. The van der Waals surface area contributed by atoms with E-state index in [1.54, 1.807) is 31.6 Å². The molecule has 0 unspecified atom stereocenters. The number of morpholine rings is 1. The van der Waals surface area contributed by atoms with Crippen LogP contribution >= 0.6 is 11.6 Å². The number of rotatable bonds is 8. The predicted molar refractivity (Wildman–Crippen MR) is 134 cm³/mol. The van der Waals surface area contributed by atoms with Crippen molar-refractivity contribution in [2.45, 2.75) is 12.8 Å². The van der Waals surface area contributed by atoms with Gasteiger partial charge in [0.1, 0.15) is 5.75 Å². The van der Waals surface area contributed by atoms with Crippen LogP contribution in [0.15, 0.2) is 48.8 Å². The number of amides is 1. The van der Waals surface area contributed by atoms with E-state index in [0.717, 1.165) is 43.1 Å². The summed E-state index contributed by atoms with van der Waals surface area (Å²) >= 11 is 6.46. The summed E-state index contributed by atoms with van der Waals surface area (Å²) in [4.78, 5) is 23.3. The fourth-order valence-electron chi connectivity index (χ4n) is 3.80. The van der Waals surface area contributed by atoms with E-state index in [1.807, 2.05) is 12.1 Å². The highest BCUT2D eigenvalue weighted by Crippen LogP contribution is 2.31. The second kappa shape index (κ2) is 11.2. The molecule has 1 amide bonds. The molecule has 178 valence electrons. The first-order valence-electron chi connectivity index (χ1n) is 11.2. The summed E-state index contributed by atoms with van der Waals surface area (Å²) in [6.07, 6.45) is 4.89. The third kappa shape index (κ3) is 5.76. The average Bonchev–Trinajstić information content (AvgIpc) is 2.89. The Kier molecular flexibility index (Phi) is 7.82. The molecule has 1 fully saturated rings. The van der Waals surface area contributed by atoms with Gasteiger partial charge in [-0.05, 0) is 60.4 Å². The molecule has 8 nitrogen and oxygen atoms in total. The smallest absolute Gasteiger partial charge is 0.251 e. The minimum atomic E-state index is -0.187. The Morgan fingerprint density at radius 3 is 2.47 bits per heavy atom. The minimum Gasteiger partial charge on any atom is -0.495 e. The Balaban J connectivity index is 1.37. The number of hydrogen-bond acceptors (Lipinski definition) is 7. The van der Waals surface area contributed by atoms with Gasteiger partial charge in [0, 0.05) is 49.5 Å². The van der Waals surface area contributed by atoms with E-state index in [4.69, 9.17) is 21.1 Å². The molecular formula is C25H28ClN5O3. The summed E-state index contributed by atoms with van der Waals surface area (Å²) in [5, 5.41) is 6.37. The van der Waals surface area contributed by atoms with Crippen LogP contribution in [0.2, 0.25) is 5.02 Å². The van der Waals surface area contributed by atoms with Gasteiger partial charge in [-0.15, -0.1) is 0 Å². The molecule has 2 heterocycles. The first kappa shape index (κ1) is 23.8. The van der Waals surface area contributed by atoms with Crippen LogP contribution in [0, 0.1) is 0 Å². The molecule has 0 bridgehead atoms. The molecule has 3 aromatic rings. The molecule has 0 saturated carbocycles. The van der Waals surface area contributed by atoms with Crippen molar-refractivity contribution in [3.05, 3.63) is 70.5 Å². The van der Waals surface area contributed by atoms with Crippen LogP contribution < -0.4 is 20.3 Å². The van der Waals surface area contributed by atoms with E-state index in [0.29, 0.717) is 35.1 Å². The van der Waals surface area contributed by atoms with E-state index < -0.39 is 0 Å². The van der Waals surface area contributed by atoms with Gasteiger partial charge in [0.2, 0.25) is 5.95 Å². The molecule has 0 radical (unpaired) electrons. The van der Waals surface area contributed by atoms with Gasteiger partial charge in [-0.2, -0.15) is 0 Å². The maximum Gasteiger partial charge on any atom is 0.251 e.